The Kier molecular flexibility index (Phi) is 24.4. The average molecular weight is 562 g/mol. The lowest BCUT2D eigenvalue weighted by atomic mass is 10.0. The van der Waals surface area contributed by atoms with E-state index in [-0.39, 0.29) is 6.42 Å². The summed E-state index contributed by atoms with van der Waals surface area (Å²) >= 11 is 0. The second kappa shape index (κ2) is 25.0. The van der Waals surface area contributed by atoms with E-state index in [1.165, 1.54) is 64.2 Å². The van der Waals surface area contributed by atoms with Gasteiger partial charge in [0.25, 0.3) is 10.1 Å². The fourth-order valence-electron chi connectivity index (χ4n) is 4.62. The highest BCUT2D eigenvalue weighted by atomic mass is 32.2. The Labute approximate surface area is 234 Å². The van der Waals surface area contributed by atoms with Gasteiger partial charge in [0.05, 0.1) is 17.9 Å². The van der Waals surface area contributed by atoms with Crippen molar-refractivity contribution < 1.29 is 28.0 Å². The largest absolute Gasteiger partial charge is 0.391 e. The number of aliphatic hydroxyl groups excluding tert-OH is 2. The van der Waals surface area contributed by atoms with Gasteiger partial charge in [-0.2, -0.15) is 8.42 Å². The van der Waals surface area contributed by atoms with Crippen LogP contribution in [0.15, 0.2) is 12.2 Å². The van der Waals surface area contributed by atoms with Crippen molar-refractivity contribution in [2.45, 2.75) is 167 Å². The highest BCUT2D eigenvalue weighted by Gasteiger charge is 2.28. The van der Waals surface area contributed by atoms with Gasteiger partial charge < -0.3 is 15.5 Å². The first-order chi connectivity index (χ1) is 18.2. The minimum Gasteiger partial charge on any atom is -0.391 e. The molecule has 8 heteroatoms. The molecule has 0 aromatic rings. The topological polar surface area (TPSA) is 124 Å². The van der Waals surface area contributed by atoms with Gasteiger partial charge in [0.15, 0.2) is 0 Å². The van der Waals surface area contributed by atoms with Crippen LogP contribution in [-0.4, -0.2) is 53.1 Å². The summed E-state index contributed by atoms with van der Waals surface area (Å²) in [7, 11) is -4.39. The number of carbonyl (C=O) groups excluding carboxylic acids is 1. The van der Waals surface area contributed by atoms with Crippen LogP contribution in [0.3, 0.4) is 0 Å². The Morgan fingerprint density at radius 3 is 1.66 bits per heavy atom. The molecule has 0 aliphatic carbocycles. The minimum atomic E-state index is -4.39. The Morgan fingerprint density at radius 2 is 1.13 bits per heavy atom. The standard InChI is InChI=1S/C30H59NO6S/c1-3-5-7-9-11-13-14-15-17-18-20-22-24-28(32)27(26-38(35,36)37)31-30(34)29(33)25-23-21-19-16-12-10-8-6-4-2/h10,12,27-29,32-33H,3-9,11,13-26H2,1-2H3,(H,31,34)(H,35,36,37)/b12-10-. The van der Waals surface area contributed by atoms with E-state index >= 15 is 0 Å². The molecule has 0 spiro atoms. The quantitative estimate of drug-likeness (QED) is 0.0493. The first-order valence-electron chi connectivity index (χ1n) is 15.5. The Bertz CT molecular complexity index is 682. The molecule has 0 heterocycles. The van der Waals surface area contributed by atoms with Crippen LogP contribution in [0.1, 0.15) is 149 Å². The average Bonchev–Trinajstić information content (AvgIpc) is 2.86. The smallest absolute Gasteiger partial charge is 0.266 e. The maximum absolute atomic E-state index is 12.4. The molecule has 0 aliphatic rings. The zero-order valence-electron chi connectivity index (χ0n) is 24.4. The van der Waals surface area contributed by atoms with E-state index in [1.807, 2.05) is 0 Å². The molecule has 0 saturated carbocycles. The van der Waals surface area contributed by atoms with Gasteiger partial charge in [0, 0.05) is 0 Å². The number of rotatable bonds is 27. The third kappa shape index (κ3) is 24.1. The summed E-state index contributed by atoms with van der Waals surface area (Å²) in [4.78, 5) is 12.4. The van der Waals surface area contributed by atoms with Gasteiger partial charge in [0.2, 0.25) is 5.91 Å². The van der Waals surface area contributed by atoms with Gasteiger partial charge in [-0.05, 0) is 32.1 Å². The zero-order chi connectivity index (χ0) is 28.5. The SMILES string of the molecule is CCCC/C=C\CCCCCC(O)C(=O)NC(CS(=O)(=O)O)C(O)CCCCCCCCCCCCCC. The van der Waals surface area contributed by atoms with Gasteiger partial charge in [0.1, 0.15) is 6.10 Å². The highest BCUT2D eigenvalue weighted by molar-refractivity contribution is 7.85. The van der Waals surface area contributed by atoms with E-state index in [0.717, 1.165) is 44.9 Å². The molecule has 0 aromatic carbocycles. The van der Waals surface area contributed by atoms with Crippen LogP contribution in [0.5, 0.6) is 0 Å². The van der Waals surface area contributed by atoms with E-state index in [0.29, 0.717) is 19.3 Å². The molecular formula is C30H59NO6S. The Hall–Kier alpha value is -0.960. The van der Waals surface area contributed by atoms with E-state index in [9.17, 15) is 28.0 Å². The molecule has 4 N–H and O–H groups in total. The highest BCUT2D eigenvalue weighted by Crippen LogP contribution is 2.15. The van der Waals surface area contributed by atoms with Crippen molar-refractivity contribution in [3.8, 4) is 0 Å². The van der Waals surface area contributed by atoms with Crippen LogP contribution >= 0.6 is 0 Å². The van der Waals surface area contributed by atoms with Crippen LogP contribution in [0.2, 0.25) is 0 Å². The first-order valence-corrected chi connectivity index (χ1v) is 17.1. The minimum absolute atomic E-state index is 0.277. The lowest BCUT2D eigenvalue weighted by molar-refractivity contribution is -0.131. The third-order valence-corrected chi connectivity index (χ3v) is 7.86. The molecule has 0 fully saturated rings. The number of unbranched alkanes of at least 4 members (excludes halogenated alkanes) is 16. The molecule has 0 bridgehead atoms. The Morgan fingerprint density at radius 1 is 0.684 bits per heavy atom. The summed E-state index contributed by atoms with van der Waals surface area (Å²) in [5.41, 5.74) is 0. The van der Waals surface area contributed by atoms with Gasteiger partial charge in [-0.25, -0.2) is 0 Å². The molecule has 226 valence electrons. The number of aliphatic hydroxyl groups is 2. The molecule has 0 rings (SSSR count). The second-order valence-electron chi connectivity index (χ2n) is 10.9. The summed E-state index contributed by atoms with van der Waals surface area (Å²) in [5.74, 6) is -1.47. The number of allylic oxidation sites excluding steroid dienone is 2. The molecule has 0 saturated heterocycles. The molecule has 0 radical (unpaired) electrons. The number of amides is 1. The fraction of sp³-hybridized carbons (Fsp3) is 0.900. The van der Waals surface area contributed by atoms with Crippen molar-refractivity contribution in [2.24, 2.45) is 0 Å². The number of hydrogen-bond donors (Lipinski definition) is 4. The van der Waals surface area contributed by atoms with Crippen LogP contribution in [0.25, 0.3) is 0 Å². The zero-order valence-corrected chi connectivity index (χ0v) is 25.2. The van der Waals surface area contributed by atoms with Gasteiger partial charge in [-0.3, -0.25) is 9.35 Å². The van der Waals surface area contributed by atoms with Crippen molar-refractivity contribution in [3.63, 3.8) is 0 Å². The summed E-state index contributed by atoms with van der Waals surface area (Å²) < 4.78 is 32.2. The van der Waals surface area contributed by atoms with Crippen molar-refractivity contribution in [3.05, 3.63) is 12.2 Å². The molecular weight excluding hydrogens is 502 g/mol. The van der Waals surface area contributed by atoms with E-state index in [2.05, 4.69) is 31.3 Å². The summed E-state index contributed by atoms with van der Waals surface area (Å²) in [5, 5.41) is 23.2. The Balaban J connectivity index is 4.19. The van der Waals surface area contributed by atoms with Gasteiger partial charge in [-0.1, -0.05) is 129 Å². The van der Waals surface area contributed by atoms with E-state index in [1.54, 1.807) is 0 Å². The van der Waals surface area contributed by atoms with Crippen LogP contribution < -0.4 is 5.32 Å². The van der Waals surface area contributed by atoms with Crippen LogP contribution in [0.4, 0.5) is 0 Å². The molecule has 1 amide bonds. The molecule has 3 atom stereocenters. The lowest BCUT2D eigenvalue weighted by Gasteiger charge is -2.24. The molecule has 38 heavy (non-hydrogen) atoms. The first kappa shape index (κ1) is 37.0. The number of hydrogen-bond acceptors (Lipinski definition) is 5. The van der Waals surface area contributed by atoms with E-state index < -0.39 is 40.0 Å². The predicted molar refractivity (Wildman–Crippen MR) is 158 cm³/mol. The van der Waals surface area contributed by atoms with Crippen LogP contribution in [-0.2, 0) is 14.9 Å². The number of nitrogens with one attached hydrogen (secondary N) is 1. The number of carbonyl (C=O) groups is 1. The van der Waals surface area contributed by atoms with E-state index in [4.69, 9.17) is 0 Å². The maximum Gasteiger partial charge on any atom is 0.266 e. The van der Waals surface area contributed by atoms with Crippen molar-refractivity contribution in [1.82, 2.24) is 5.32 Å². The fourth-order valence-corrected chi connectivity index (χ4v) is 5.38. The maximum atomic E-state index is 12.4. The summed E-state index contributed by atoms with van der Waals surface area (Å²) in [6.45, 7) is 4.40. The molecule has 3 unspecified atom stereocenters. The van der Waals surface area contributed by atoms with Crippen molar-refractivity contribution in [1.29, 1.82) is 0 Å². The summed E-state index contributed by atoms with van der Waals surface area (Å²) in [6.07, 6.45) is 23.9. The monoisotopic (exact) mass is 561 g/mol. The van der Waals surface area contributed by atoms with Gasteiger partial charge in [-0.15, -0.1) is 0 Å². The predicted octanol–water partition coefficient (Wildman–Crippen LogP) is 6.87. The lowest BCUT2D eigenvalue weighted by Crippen LogP contribution is -2.50. The van der Waals surface area contributed by atoms with Crippen molar-refractivity contribution in [2.75, 3.05) is 5.75 Å². The molecule has 0 aromatic heterocycles. The molecule has 7 nitrogen and oxygen atoms in total. The molecule has 0 aliphatic heterocycles. The third-order valence-electron chi connectivity index (χ3n) is 7.08. The summed E-state index contributed by atoms with van der Waals surface area (Å²) in [6, 6.07) is -1.15. The normalized spacial score (nSPS) is 14.6. The van der Waals surface area contributed by atoms with Gasteiger partial charge >= 0.3 is 0 Å². The van der Waals surface area contributed by atoms with Crippen LogP contribution in [0, 0.1) is 0 Å². The van der Waals surface area contributed by atoms with Crippen molar-refractivity contribution >= 4 is 16.0 Å². The second-order valence-corrected chi connectivity index (χ2v) is 12.4.